The van der Waals surface area contributed by atoms with E-state index in [1.807, 2.05) is 36.3 Å². The highest BCUT2D eigenvalue weighted by molar-refractivity contribution is 7.15. The van der Waals surface area contributed by atoms with E-state index in [4.69, 9.17) is 9.72 Å². The van der Waals surface area contributed by atoms with Crippen LogP contribution in [0.25, 0.3) is 5.70 Å². The van der Waals surface area contributed by atoms with E-state index in [2.05, 4.69) is 58.8 Å². The number of fused-ring (bicyclic) bond motifs is 1. The quantitative estimate of drug-likeness (QED) is 0.221. The molecule has 1 aliphatic heterocycles. The molecule has 2 aromatic heterocycles. The Bertz CT molecular complexity index is 1210. The Labute approximate surface area is 210 Å². The van der Waals surface area contributed by atoms with Crippen LogP contribution in [0.2, 0.25) is 0 Å². The standard InChI is InChI=1S/C27H31N5O2S/c1-4-21(15-24(5-2)32-11-6-10-29-32)16-26-18-28-27(35-26)31-12-9-22-7-8-25(17-23(22)19-31)30(3)13-14-34-20-33/h4-8,10-11,15,17-18,20H,2,9,12-14,16,19H2,1,3H3/b21-4+,24-15+. The van der Waals surface area contributed by atoms with E-state index in [-0.39, 0.29) is 0 Å². The molecule has 0 radical (unpaired) electrons. The zero-order valence-electron chi connectivity index (χ0n) is 20.3. The van der Waals surface area contributed by atoms with Gasteiger partial charge in [-0.25, -0.2) is 9.67 Å². The van der Waals surface area contributed by atoms with Crippen LogP contribution >= 0.6 is 11.3 Å². The number of benzene rings is 1. The van der Waals surface area contributed by atoms with Gasteiger partial charge in [0.2, 0.25) is 0 Å². The van der Waals surface area contributed by atoms with Crippen molar-refractivity contribution in [2.45, 2.75) is 26.3 Å². The van der Waals surface area contributed by atoms with Gasteiger partial charge < -0.3 is 14.5 Å². The molecule has 0 fully saturated rings. The second-order valence-corrected chi connectivity index (χ2v) is 9.48. The Morgan fingerprint density at radius 1 is 1.34 bits per heavy atom. The van der Waals surface area contributed by atoms with Crippen molar-refractivity contribution in [2.24, 2.45) is 0 Å². The molecule has 0 unspecified atom stereocenters. The van der Waals surface area contributed by atoms with Crippen molar-refractivity contribution in [3.8, 4) is 0 Å². The van der Waals surface area contributed by atoms with Crippen LogP contribution < -0.4 is 9.80 Å². The molecule has 0 saturated carbocycles. The molecular formula is C27H31N5O2S. The number of thiazole rings is 1. The number of hydrogen-bond acceptors (Lipinski definition) is 7. The fourth-order valence-electron chi connectivity index (χ4n) is 4.10. The van der Waals surface area contributed by atoms with Crippen molar-refractivity contribution < 1.29 is 9.53 Å². The molecule has 7 nitrogen and oxygen atoms in total. The number of ether oxygens (including phenoxy) is 1. The van der Waals surface area contributed by atoms with Gasteiger partial charge in [0, 0.05) is 55.7 Å². The maximum atomic E-state index is 10.4. The summed E-state index contributed by atoms with van der Waals surface area (Å²) < 4.78 is 6.66. The van der Waals surface area contributed by atoms with Gasteiger partial charge in [0.1, 0.15) is 6.61 Å². The number of nitrogens with zero attached hydrogens (tertiary/aromatic N) is 5. The van der Waals surface area contributed by atoms with Crippen LogP contribution in [-0.2, 0) is 28.9 Å². The monoisotopic (exact) mass is 489 g/mol. The lowest BCUT2D eigenvalue weighted by molar-refractivity contribution is -0.128. The molecule has 182 valence electrons. The molecule has 8 heteroatoms. The predicted molar refractivity (Wildman–Crippen MR) is 143 cm³/mol. The molecule has 1 aromatic carbocycles. The molecule has 3 heterocycles. The van der Waals surface area contributed by atoms with Crippen LogP contribution in [0.3, 0.4) is 0 Å². The van der Waals surface area contributed by atoms with Crippen LogP contribution in [-0.4, -0.2) is 48.0 Å². The van der Waals surface area contributed by atoms with E-state index in [1.165, 1.54) is 21.6 Å². The first kappa shape index (κ1) is 24.5. The van der Waals surface area contributed by atoms with Crippen molar-refractivity contribution in [2.75, 3.05) is 36.5 Å². The number of carbonyl (C=O) groups is 1. The number of aromatic nitrogens is 3. The lowest BCUT2D eigenvalue weighted by atomic mass is 9.99. The van der Waals surface area contributed by atoms with Gasteiger partial charge in [0.05, 0.1) is 12.2 Å². The Balaban J connectivity index is 1.43. The Hall–Kier alpha value is -3.65. The minimum atomic E-state index is 0.380. The van der Waals surface area contributed by atoms with Crippen molar-refractivity contribution >= 4 is 34.3 Å². The summed E-state index contributed by atoms with van der Waals surface area (Å²) in [4.78, 5) is 20.9. The van der Waals surface area contributed by atoms with E-state index in [0.29, 0.717) is 19.6 Å². The van der Waals surface area contributed by atoms with Gasteiger partial charge in [0.25, 0.3) is 6.47 Å². The second kappa shape index (κ2) is 11.7. The summed E-state index contributed by atoms with van der Waals surface area (Å²) in [6.45, 7) is 9.32. The van der Waals surface area contributed by atoms with Crippen LogP contribution in [0.1, 0.15) is 22.9 Å². The molecule has 0 atom stereocenters. The lowest BCUT2D eigenvalue weighted by Gasteiger charge is -2.30. The van der Waals surface area contributed by atoms with Crippen LogP contribution in [0.5, 0.6) is 0 Å². The van der Waals surface area contributed by atoms with Gasteiger partial charge in [0.15, 0.2) is 5.13 Å². The summed E-state index contributed by atoms with van der Waals surface area (Å²) in [5.74, 6) is 0. The van der Waals surface area contributed by atoms with E-state index >= 15 is 0 Å². The number of hydrogen-bond donors (Lipinski definition) is 0. The number of allylic oxidation sites excluding steroid dienone is 5. The molecule has 0 saturated heterocycles. The van der Waals surface area contributed by atoms with Crippen LogP contribution in [0, 0.1) is 0 Å². The lowest BCUT2D eigenvalue weighted by Crippen LogP contribution is -2.30. The van der Waals surface area contributed by atoms with Gasteiger partial charge in [-0.2, -0.15) is 5.10 Å². The summed E-state index contributed by atoms with van der Waals surface area (Å²) in [6.07, 6.45) is 13.6. The Kier molecular flexibility index (Phi) is 8.15. The summed E-state index contributed by atoms with van der Waals surface area (Å²) in [7, 11) is 2.01. The summed E-state index contributed by atoms with van der Waals surface area (Å²) in [5, 5.41) is 5.37. The third-order valence-corrected chi connectivity index (χ3v) is 7.19. The molecule has 0 spiro atoms. The van der Waals surface area contributed by atoms with E-state index in [9.17, 15) is 4.79 Å². The molecule has 0 aliphatic carbocycles. The van der Waals surface area contributed by atoms with Crippen molar-refractivity contribution in [1.82, 2.24) is 14.8 Å². The van der Waals surface area contributed by atoms with Gasteiger partial charge >= 0.3 is 0 Å². The van der Waals surface area contributed by atoms with Gasteiger partial charge in [-0.1, -0.05) is 18.7 Å². The fraction of sp³-hybridized carbons (Fsp3) is 0.296. The Morgan fingerprint density at radius 2 is 2.23 bits per heavy atom. The molecular weight excluding hydrogens is 458 g/mol. The highest BCUT2D eigenvalue weighted by Crippen LogP contribution is 2.31. The SMILES string of the molecule is C=C/C(=C\C(=C/C)Cc1cnc(N2CCc3ccc(N(C)CCOC=O)cc3C2)s1)n1cccn1. The maximum absolute atomic E-state index is 10.4. The first-order chi connectivity index (χ1) is 17.1. The molecule has 0 amide bonds. The van der Waals surface area contributed by atoms with Crippen LogP contribution in [0.15, 0.2) is 73.2 Å². The largest absolute Gasteiger partial charge is 0.466 e. The fourth-order valence-corrected chi connectivity index (χ4v) is 5.07. The van der Waals surface area contributed by atoms with E-state index < -0.39 is 0 Å². The highest BCUT2D eigenvalue weighted by Gasteiger charge is 2.20. The average molecular weight is 490 g/mol. The number of carbonyl (C=O) groups excluding carboxylic acids is 1. The minimum absolute atomic E-state index is 0.380. The Morgan fingerprint density at radius 3 is 2.97 bits per heavy atom. The molecule has 35 heavy (non-hydrogen) atoms. The van der Waals surface area contributed by atoms with Crippen molar-refractivity contribution in [3.63, 3.8) is 0 Å². The van der Waals surface area contributed by atoms with E-state index in [1.54, 1.807) is 17.5 Å². The molecule has 1 aliphatic rings. The third kappa shape index (κ3) is 6.08. The van der Waals surface area contributed by atoms with Crippen molar-refractivity contribution in [3.05, 3.63) is 89.2 Å². The number of anilines is 2. The summed E-state index contributed by atoms with van der Waals surface area (Å²) >= 11 is 1.75. The predicted octanol–water partition coefficient (Wildman–Crippen LogP) is 4.73. The normalized spacial score (nSPS) is 13.9. The van der Waals surface area contributed by atoms with Gasteiger partial charge in [-0.05, 0) is 60.4 Å². The van der Waals surface area contributed by atoms with E-state index in [0.717, 1.165) is 42.4 Å². The average Bonchev–Trinajstić information content (AvgIpc) is 3.58. The maximum Gasteiger partial charge on any atom is 0.293 e. The van der Waals surface area contributed by atoms with Crippen LogP contribution in [0.4, 0.5) is 10.8 Å². The minimum Gasteiger partial charge on any atom is -0.466 e. The zero-order chi connectivity index (χ0) is 24.6. The summed E-state index contributed by atoms with van der Waals surface area (Å²) in [5.41, 5.74) is 5.97. The molecule has 4 rings (SSSR count). The molecule has 0 N–H and O–H groups in total. The third-order valence-electron chi connectivity index (χ3n) is 6.13. The second-order valence-electron chi connectivity index (χ2n) is 8.39. The van der Waals surface area contributed by atoms with Crippen molar-refractivity contribution in [1.29, 1.82) is 0 Å². The first-order valence-electron chi connectivity index (χ1n) is 11.7. The topological polar surface area (TPSA) is 63.5 Å². The first-order valence-corrected chi connectivity index (χ1v) is 12.5. The molecule has 3 aromatic rings. The smallest absolute Gasteiger partial charge is 0.293 e. The number of rotatable bonds is 11. The highest BCUT2D eigenvalue weighted by atomic mass is 32.1. The van der Waals surface area contributed by atoms with Gasteiger partial charge in [-0.3, -0.25) is 4.79 Å². The molecule has 0 bridgehead atoms. The number of likely N-dealkylation sites (N-methyl/N-ethyl adjacent to an activating group) is 1. The zero-order valence-corrected chi connectivity index (χ0v) is 21.1. The summed E-state index contributed by atoms with van der Waals surface area (Å²) in [6, 6.07) is 8.51. The van der Waals surface area contributed by atoms with Gasteiger partial charge in [-0.15, -0.1) is 11.3 Å².